The van der Waals surface area contributed by atoms with E-state index in [9.17, 15) is 9.59 Å². The molecule has 0 bridgehead atoms. The van der Waals surface area contributed by atoms with Crippen LogP contribution in [0.15, 0.2) is 78.9 Å². The Hall–Kier alpha value is -3.40. The van der Waals surface area contributed by atoms with Crippen LogP contribution in [-0.2, 0) is 0 Å². The first kappa shape index (κ1) is 19.4. The van der Waals surface area contributed by atoms with Gasteiger partial charge in [-0.15, -0.1) is 0 Å². The summed E-state index contributed by atoms with van der Waals surface area (Å²) in [7, 11) is 0. The van der Waals surface area contributed by atoms with Crippen molar-refractivity contribution < 1.29 is 9.59 Å². The van der Waals surface area contributed by atoms with Crippen LogP contribution in [0.4, 0.5) is 5.69 Å². The maximum atomic E-state index is 13.1. The van der Waals surface area contributed by atoms with Crippen LogP contribution in [0, 0.1) is 13.8 Å². The van der Waals surface area contributed by atoms with Crippen LogP contribution in [0.2, 0.25) is 0 Å². The largest absolute Gasteiger partial charge is 0.350 e. The molecule has 0 aliphatic rings. The number of amides is 2. The molecule has 0 saturated heterocycles. The molecular weight excluding hydrogens is 348 g/mol. The Labute approximate surface area is 165 Å². The fraction of sp³-hybridized carbons (Fsp3) is 0.167. The van der Waals surface area contributed by atoms with Gasteiger partial charge in [0, 0.05) is 29.9 Å². The number of rotatable bonds is 6. The summed E-state index contributed by atoms with van der Waals surface area (Å²) in [5, 5.41) is 2.92. The summed E-state index contributed by atoms with van der Waals surface area (Å²) in [6.45, 7) is 4.64. The summed E-state index contributed by atoms with van der Waals surface area (Å²) < 4.78 is 0. The Kier molecular flexibility index (Phi) is 6.22. The minimum atomic E-state index is -0.131. The van der Waals surface area contributed by atoms with E-state index in [0.29, 0.717) is 24.2 Å². The first-order valence-electron chi connectivity index (χ1n) is 9.33. The summed E-state index contributed by atoms with van der Waals surface area (Å²) in [6, 6.07) is 24.5. The van der Waals surface area contributed by atoms with Gasteiger partial charge in [0.05, 0.1) is 0 Å². The first-order valence-corrected chi connectivity index (χ1v) is 9.33. The number of aryl methyl sites for hydroxylation is 2. The number of hydrogen-bond acceptors (Lipinski definition) is 2. The molecular formula is C24H24N2O2. The molecule has 142 valence electrons. The van der Waals surface area contributed by atoms with Crippen LogP contribution in [0.3, 0.4) is 0 Å². The lowest BCUT2D eigenvalue weighted by Gasteiger charge is -2.23. The van der Waals surface area contributed by atoms with Gasteiger partial charge >= 0.3 is 0 Å². The monoisotopic (exact) mass is 372 g/mol. The topological polar surface area (TPSA) is 49.4 Å². The normalized spacial score (nSPS) is 10.4. The molecule has 0 radical (unpaired) electrons. The average molecular weight is 372 g/mol. The van der Waals surface area contributed by atoms with Crippen molar-refractivity contribution in [2.24, 2.45) is 0 Å². The van der Waals surface area contributed by atoms with Crippen LogP contribution in [0.25, 0.3) is 0 Å². The van der Waals surface area contributed by atoms with E-state index in [4.69, 9.17) is 0 Å². The van der Waals surface area contributed by atoms with Crippen LogP contribution in [0.5, 0.6) is 0 Å². The zero-order valence-corrected chi connectivity index (χ0v) is 16.2. The molecule has 4 nitrogen and oxygen atoms in total. The van der Waals surface area contributed by atoms with E-state index in [0.717, 1.165) is 16.8 Å². The van der Waals surface area contributed by atoms with Crippen LogP contribution in [-0.4, -0.2) is 24.9 Å². The Bertz CT molecular complexity index is 950. The van der Waals surface area contributed by atoms with Crippen molar-refractivity contribution in [1.82, 2.24) is 5.32 Å². The molecule has 0 heterocycles. The van der Waals surface area contributed by atoms with E-state index in [1.54, 1.807) is 11.0 Å². The molecule has 0 atom stereocenters. The lowest BCUT2D eigenvalue weighted by atomic mass is 10.1. The standard InChI is InChI=1S/C24H24N2O2/c1-18-12-14-20(15-13-18)24(28)26(21-9-4-3-5-10-21)17-16-25-23(27)22-11-7-6-8-19(22)2/h3-15H,16-17H2,1-2H3,(H,25,27). The van der Waals surface area contributed by atoms with Crippen LogP contribution < -0.4 is 10.2 Å². The van der Waals surface area contributed by atoms with Gasteiger partial charge in [0.15, 0.2) is 0 Å². The number of para-hydroxylation sites is 1. The van der Waals surface area contributed by atoms with E-state index in [1.165, 1.54) is 0 Å². The first-order chi connectivity index (χ1) is 13.6. The third kappa shape index (κ3) is 4.65. The molecule has 0 aliphatic heterocycles. The minimum Gasteiger partial charge on any atom is -0.350 e. The number of carbonyl (C=O) groups is 2. The van der Waals surface area contributed by atoms with E-state index >= 15 is 0 Å². The van der Waals surface area contributed by atoms with Gasteiger partial charge in [0.1, 0.15) is 0 Å². The second-order valence-electron chi connectivity index (χ2n) is 6.73. The Morgan fingerprint density at radius 2 is 1.46 bits per heavy atom. The van der Waals surface area contributed by atoms with Gasteiger partial charge in [-0.2, -0.15) is 0 Å². The van der Waals surface area contributed by atoms with Crippen molar-refractivity contribution in [2.75, 3.05) is 18.0 Å². The highest BCUT2D eigenvalue weighted by molar-refractivity contribution is 6.06. The maximum absolute atomic E-state index is 13.1. The Morgan fingerprint density at radius 3 is 2.14 bits per heavy atom. The Balaban J connectivity index is 1.73. The lowest BCUT2D eigenvalue weighted by Crippen LogP contribution is -2.38. The van der Waals surface area contributed by atoms with E-state index < -0.39 is 0 Å². The number of benzene rings is 3. The molecule has 28 heavy (non-hydrogen) atoms. The van der Waals surface area contributed by atoms with Gasteiger partial charge in [-0.25, -0.2) is 0 Å². The molecule has 0 aliphatic carbocycles. The molecule has 3 rings (SSSR count). The second kappa shape index (κ2) is 9.00. The van der Waals surface area contributed by atoms with Crippen molar-refractivity contribution in [2.45, 2.75) is 13.8 Å². The van der Waals surface area contributed by atoms with E-state index in [2.05, 4.69) is 5.32 Å². The molecule has 3 aromatic carbocycles. The molecule has 0 spiro atoms. The summed E-state index contributed by atoms with van der Waals surface area (Å²) in [5.74, 6) is -0.217. The maximum Gasteiger partial charge on any atom is 0.258 e. The predicted octanol–water partition coefficient (Wildman–Crippen LogP) is 4.38. The number of anilines is 1. The Morgan fingerprint density at radius 1 is 0.821 bits per heavy atom. The molecule has 0 saturated carbocycles. The summed E-state index contributed by atoms with van der Waals surface area (Å²) in [6.07, 6.45) is 0. The second-order valence-corrected chi connectivity index (χ2v) is 6.73. The van der Waals surface area contributed by atoms with Crippen molar-refractivity contribution in [3.05, 3.63) is 101 Å². The molecule has 2 amide bonds. The predicted molar refractivity (Wildman–Crippen MR) is 113 cm³/mol. The highest BCUT2D eigenvalue weighted by Crippen LogP contribution is 2.17. The van der Waals surface area contributed by atoms with Gasteiger partial charge in [0.2, 0.25) is 0 Å². The van der Waals surface area contributed by atoms with Crippen molar-refractivity contribution in [3.8, 4) is 0 Å². The van der Waals surface area contributed by atoms with Gasteiger partial charge < -0.3 is 10.2 Å². The van der Waals surface area contributed by atoms with E-state index in [1.807, 2.05) is 86.6 Å². The van der Waals surface area contributed by atoms with Crippen LogP contribution >= 0.6 is 0 Å². The quantitative estimate of drug-likeness (QED) is 0.698. The van der Waals surface area contributed by atoms with Crippen molar-refractivity contribution in [3.63, 3.8) is 0 Å². The van der Waals surface area contributed by atoms with Gasteiger partial charge in [0.25, 0.3) is 11.8 Å². The third-order valence-electron chi connectivity index (χ3n) is 4.62. The highest BCUT2D eigenvalue weighted by Gasteiger charge is 2.18. The fourth-order valence-corrected chi connectivity index (χ4v) is 3.01. The van der Waals surface area contributed by atoms with Crippen LogP contribution in [0.1, 0.15) is 31.8 Å². The fourth-order valence-electron chi connectivity index (χ4n) is 3.01. The lowest BCUT2D eigenvalue weighted by molar-refractivity contribution is 0.0942. The number of carbonyl (C=O) groups excluding carboxylic acids is 2. The SMILES string of the molecule is Cc1ccc(C(=O)N(CCNC(=O)c2ccccc2C)c2ccccc2)cc1. The molecule has 4 heteroatoms. The molecule has 0 aromatic heterocycles. The molecule has 3 aromatic rings. The minimum absolute atomic E-state index is 0.0867. The zero-order valence-electron chi connectivity index (χ0n) is 16.2. The van der Waals surface area contributed by atoms with Gasteiger partial charge in [-0.3, -0.25) is 9.59 Å². The van der Waals surface area contributed by atoms with Gasteiger partial charge in [-0.05, 0) is 49.7 Å². The molecule has 0 fully saturated rings. The number of nitrogens with zero attached hydrogens (tertiary/aromatic N) is 1. The van der Waals surface area contributed by atoms with E-state index in [-0.39, 0.29) is 11.8 Å². The summed E-state index contributed by atoms with van der Waals surface area (Å²) >= 11 is 0. The van der Waals surface area contributed by atoms with Crippen molar-refractivity contribution >= 4 is 17.5 Å². The number of hydrogen-bond donors (Lipinski definition) is 1. The number of nitrogens with one attached hydrogen (secondary N) is 1. The third-order valence-corrected chi connectivity index (χ3v) is 4.62. The molecule has 1 N–H and O–H groups in total. The summed E-state index contributed by atoms with van der Waals surface area (Å²) in [4.78, 5) is 27.2. The van der Waals surface area contributed by atoms with Gasteiger partial charge in [-0.1, -0.05) is 54.1 Å². The summed E-state index contributed by atoms with van der Waals surface area (Å²) in [5.41, 5.74) is 4.11. The zero-order chi connectivity index (χ0) is 19.9. The highest BCUT2D eigenvalue weighted by atomic mass is 16.2. The smallest absolute Gasteiger partial charge is 0.258 e. The molecule has 0 unspecified atom stereocenters. The van der Waals surface area contributed by atoms with Crippen molar-refractivity contribution in [1.29, 1.82) is 0 Å². The average Bonchev–Trinajstić information content (AvgIpc) is 2.72.